The van der Waals surface area contributed by atoms with Crippen LogP contribution in [0.4, 0.5) is 0 Å². The van der Waals surface area contributed by atoms with Gasteiger partial charge in [0.05, 0.1) is 95.0 Å². The zero-order valence-corrected chi connectivity index (χ0v) is 64.4. The van der Waals surface area contributed by atoms with Gasteiger partial charge in [0, 0.05) is 76.4 Å². The normalized spacial score (nSPS) is 12.7. The van der Waals surface area contributed by atoms with Gasteiger partial charge in [-0.25, -0.2) is 22.0 Å². The molecule has 0 saturated carbocycles. The molecule has 0 aliphatic rings. The zero-order valence-electron chi connectivity index (χ0n) is 60.7. The minimum Gasteiger partial charge on any atom is -0.748 e. The minimum absolute atomic E-state index is 0. The number of likely N-dealkylation sites (N-methyl/N-ethyl adjacent to an activating group) is 1. The van der Waals surface area contributed by atoms with Crippen LogP contribution < -0.4 is 50.8 Å². The summed E-state index contributed by atoms with van der Waals surface area (Å²) in [7, 11) is 5.03. The number of hydrogen-bond donors (Lipinski definition) is 7. The predicted molar refractivity (Wildman–Crippen MR) is 373 cm³/mol. The number of carbonyl (C=O) groups is 4. The molecule has 0 spiro atoms. The zero-order chi connectivity index (χ0) is 69.6. The molecule has 2 unspecified atom stereocenters. The first kappa shape index (κ1) is 98.4. The Bertz CT molecular complexity index is 2050. The maximum atomic E-state index is 11.8. The summed E-state index contributed by atoms with van der Waals surface area (Å²) in [6.07, 6.45) is 47.3. The second-order valence-electron chi connectivity index (χ2n) is 26.5. The first-order valence-electron chi connectivity index (χ1n) is 35.3. The molecule has 92 heavy (non-hydrogen) atoms. The number of rotatable bonds is 56. The molecular formula is C69H140N7NaO13S2+2. The van der Waals surface area contributed by atoms with Crippen LogP contribution in [0.25, 0.3) is 0 Å². The van der Waals surface area contributed by atoms with Crippen molar-refractivity contribution in [2.75, 3.05) is 114 Å². The molecule has 23 heteroatoms. The van der Waals surface area contributed by atoms with Gasteiger partial charge < -0.3 is 49.6 Å². The van der Waals surface area contributed by atoms with Crippen LogP contribution in [0.2, 0.25) is 0 Å². The molecule has 7 N–H and O–H groups in total. The van der Waals surface area contributed by atoms with Gasteiger partial charge in [0.15, 0.2) is 0 Å². The predicted octanol–water partition coefficient (Wildman–Crippen LogP) is 8.27. The van der Waals surface area contributed by atoms with Gasteiger partial charge in [-0.05, 0) is 96.3 Å². The molecule has 540 valence electrons. The number of unbranched alkanes of at least 4 members (excludes halogenated alkanes) is 19. The van der Waals surface area contributed by atoms with E-state index in [2.05, 4.69) is 99.6 Å². The van der Waals surface area contributed by atoms with Gasteiger partial charge in [0.25, 0.3) is 0 Å². The first-order chi connectivity index (χ1) is 42.9. The van der Waals surface area contributed by atoms with Gasteiger partial charge in [-0.1, -0.05) is 154 Å². The summed E-state index contributed by atoms with van der Waals surface area (Å²) in [5.41, 5.74) is 0. The number of nitrogens with zero attached hydrogens (tertiary/aromatic N) is 3. The molecule has 2 atom stereocenters. The summed E-state index contributed by atoms with van der Waals surface area (Å²) < 4.78 is 66.7. The van der Waals surface area contributed by atoms with Crippen molar-refractivity contribution in [2.24, 2.45) is 0 Å². The van der Waals surface area contributed by atoms with Gasteiger partial charge in [0.2, 0.25) is 23.6 Å². The Morgan fingerprint density at radius 1 is 0.446 bits per heavy atom. The summed E-state index contributed by atoms with van der Waals surface area (Å²) in [5, 5.41) is 38.4. The van der Waals surface area contributed by atoms with Crippen LogP contribution in [0.15, 0.2) is 36.5 Å². The largest absolute Gasteiger partial charge is 1.00 e. The molecule has 0 aliphatic carbocycles. The van der Waals surface area contributed by atoms with Crippen molar-refractivity contribution in [1.82, 2.24) is 21.3 Å². The van der Waals surface area contributed by atoms with Gasteiger partial charge in [-0.15, -0.1) is 0 Å². The number of quaternary nitrogens is 3. The summed E-state index contributed by atoms with van der Waals surface area (Å²) >= 11 is 0. The Morgan fingerprint density at radius 2 is 0.772 bits per heavy atom. The number of allylic oxidation sites excluding steroid dienone is 6. The molecule has 0 heterocycles. The third-order valence-corrected chi connectivity index (χ3v) is 16.9. The number of aliphatic hydroxyl groups excluding tert-OH is 2. The van der Waals surface area contributed by atoms with E-state index >= 15 is 0 Å². The number of hydroxylamine groups is 3. The average molecular weight is 1360 g/mol. The van der Waals surface area contributed by atoms with Crippen LogP contribution in [-0.2, 0) is 39.4 Å². The Hall–Kier alpha value is -2.32. The first-order valence-corrected chi connectivity index (χ1v) is 38.3. The molecule has 0 rings (SSSR count). The van der Waals surface area contributed by atoms with Crippen molar-refractivity contribution in [3.63, 3.8) is 0 Å². The van der Waals surface area contributed by atoms with Crippen LogP contribution in [-0.4, -0.2) is 204 Å². The molecular weight excluding hydrogens is 1220 g/mol. The second kappa shape index (κ2) is 65.9. The SMILES string of the molecule is CC/C=C/CCCCCCCC(=O)NCCC[N+](C)(C)CC(O)CS(=O)(=O)[O-].CC/C=C/CCCCCCCC(=O)NCCC[N+](C)(C)O.CC/C=C/CCCCCCCC(=O)NCCO.CCCC(CCCCCCCC(=O)NCCC[N+](C)(C)C)S(=O)(=O)[O-].[Na+]. The van der Waals surface area contributed by atoms with E-state index in [0.717, 1.165) is 140 Å². The Morgan fingerprint density at radius 3 is 1.09 bits per heavy atom. The number of nitrogens with one attached hydrogen (secondary N) is 4. The fourth-order valence-corrected chi connectivity index (χ4v) is 11.3. The summed E-state index contributed by atoms with van der Waals surface area (Å²) in [4.78, 5) is 46.3. The molecule has 0 aromatic heterocycles. The van der Waals surface area contributed by atoms with Gasteiger partial charge >= 0.3 is 29.6 Å². The topological polar surface area (TPSA) is 291 Å². The maximum absolute atomic E-state index is 11.8. The summed E-state index contributed by atoms with van der Waals surface area (Å²) in [6.45, 7) is 13.2. The Labute approximate surface area is 585 Å². The average Bonchev–Trinajstić information content (AvgIpc) is 1.21. The van der Waals surface area contributed by atoms with Crippen LogP contribution in [0.1, 0.15) is 259 Å². The molecule has 4 amide bonds. The van der Waals surface area contributed by atoms with Crippen molar-refractivity contribution in [2.45, 2.75) is 270 Å². The minimum atomic E-state index is -4.42. The van der Waals surface area contributed by atoms with Crippen molar-refractivity contribution in [1.29, 1.82) is 0 Å². The van der Waals surface area contributed by atoms with Crippen molar-refractivity contribution in [3.05, 3.63) is 36.5 Å². The van der Waals surface area contributed by atoms with Crippen molar-refractivity contribution < 1.29 is 104 Å². The van der Waals surface area contributed by atoms with E-state index in [9.17, 15) is 55.4 Å². The fourth-order valence-electron chi connectivity index (χ4n) is 9.74. The van der Waals surface area contributed by atoms with Gasteiger partial charge in [-0.2, -0.15) is 4.65 Å². The maximum Gasteiger partial charge on any atom is 1.00 e. The van der Waals surface area contributed by atoms with Crippen molar-refractivity contribution >= 4 is 43.9 Å². The second-order valence-corrected chi connectivity index (χ2v) is 29.6. The van der Waals surface area contributed by atoms with Gasteiger partial charge in [-0.3, -0.25) is 19.2 Å². The van der Waals surface area contributed by atoms with Crippen LogP contribution in [0.5, 0.6) is 0 Å². The van der Waals surface area contributed by atoms with E-state index < -0.39 is 37.3 Å². The summed E-state index contributed by atoms with van der Waals surface area (Å²) in [6, 6.07) is 0. The quantitative estimate of drug-likeness (QED) is 0.00755. The third kappa shape index (κ3) is 85.7. The molecule has 0 aliphatic heterocycles. The molecule has 0 bridgehead atoms. The van der Waals surface area contributed by atoms with E-state index in [4.69, 9.17) is 5.11 Å². The molecule has 0 fully saturated rings. The smallest absolute Gasteiger partial charge is 0.748 e. The van der Waals surface area contributed by atoms with E-state index in [1.54, 1.807) is 14.1 Å². The third-order valence-electron chi connectivity index (χ3n) is 14.8. The van der Waals surface area contributed by atoms with E-state index in [-0.39, 0.29) is 71.0 Å². The van der Waals surface area contributed by atoms with E-state index in [1.807, 2.05) is 21.0 Å². The van der Waals surface area contributed by atoms with Crippen LogP contribution in [0.3, 0.4) is 0 Å². The number of amides is 4. The standard InChI is InChI=1S/C20H40N2O5S.C18H38N2O4S.C17H34N2O2.C14H27NO2.Na/c1-4-5-6-7-8-9-10-11-12-14-20(24)21-15-13-16-22(2,3)17-19(23)18-28(25,26)27;1-5-12-17(25(22,23)24)13-9-7-6-8-10-14-18(21)19-15-11-16-20(2,3)4;1-4-5-6-7-8-9-10-11-12-14-17(20)18-15-13-16-19(2,3)21;1-2-3-4-5-6-7-8-9-10-11-14(17)15-12-13-16;/h5-6,19,23H,4,7-18H2,1-3H3,(H-,21,24,25,26,27);17H,5-16H2,1-4H3,(H-,19,21,22,23,24);5-6,21H,4,7-16H2,1-3H3;3-4,16H,2,5-13H2,1H3,(H,15,17);/q;;;;+1/p+1/b6-5+;;6-5+;4-3+;. The van der Waals surface area contributed by atoms with Crippen LogP contribution >= 0.6 is 0 Å². The summed E-state index contributed by atoms with van der Waals surface area (Å²) in [5.74, 6) is -0.384. The molecule has 0 aromatic rings. The number of aliphatic hydroxyl groups is 2. The fraction of sp³-hybridized carbons (Fsp3) is 0.855. The van der Waals surface area contributed by atoms with Gasteiger partial charge in [0.1, 0.15) is 19.2 Å². The molecule has 0 aromatic carbocycles. The van der Waals surface area contributed by atoms with Crippen LogP contribution in [0, 0.1) is 0 Å². The molecule has 0 radical (unpaired) electrons. The monoisotopic (exact) mass is 1360 g/mol. The van der Waals surface area contributed by atoms with Crippen molar-refractivity contribution in [3.8, 4) is 0 Å². The molecule has 0 saturated heterocycles. The number of hydrogen-bond acceptors (Lipinski definition) is 13. The Kier molecular flexibility index (Phi) is 70.5. The Balaban J connectivity index is -0.000000370. The molecule has 20 nitrogen and oxygen atoms in total. The van der Waals surface area contributed by atoms with E-state index in [1.165, 1.54) is 70.6 Å². The number of carbonyl (C=O) groups excluding carboxylic acids is 4. The van der Waals surface area contributed by atoms with E-state index in [0.29, 0.717) is 75.7 Å².